The van der Waals surface area contributed by atoms with Gasteiger partial charge >= 0.3 is 5.69 Å². The van der Waals surface area contributed by atoms with Crippen molar-refractivity contribution in [2.75, 3.05) is 0 Å². The quantitative estimate of drug-likeness (QED) is 0.848. The Kier molecular flexibility index (Phi) is 4.86. The zero-order chi connectivity index (χ0) is 18.3. The van der Waals surface area contributed by atoms with E-state index in [0.29, 0.717) is 23.6 Å². The van der Waals surface area contributed by atoms with E-state index in [4.69, 9.17) is 4.74 Å². The third-order valence-electron chi connectivity index (χ3n) is 5.17. The standard InChI is InChI=1S/C18H28N4O3/c1-11(2)22-10-19-16-15(22)17(23)21(18(24)20(16)5)7-6-14-8-12(3)25-13(4)9-14/h10-14H,6-9H2,1-5H3/t12-,13-/m1/s1. The van der Waals surface area contributed by atoms with Gasteiger partial charge in [0.25, 0.3) is 5.56 Å². The molecule has 0 saturated carbocycles. The number of aryl methyl sites for hydroxylation is 1. The summed E-state index contributed by atoms with van der Waals surface area (Å²) in [6.45, 7) is 8.61. The summed E-state index contributed by atoms with van der Waals surface area (Å²) in [6, 6.07) is 0.112. The lowest BCUT2D eigenvalue weighted by molar-refractivity contribution is -0.0540. The van der Waals surface area contributed by atoms with Crippen LogP contribution in [0.4, 0.5) is 0 Å². The van der Waals surface area contributed by atoms with Crippen LogP contribution in [-0.2, 0) is 18.3 Å². The minimum atomic E-state index is -0.292. The third kappa shape index (κ3) is 3.29. The highest BCUT2D eigenvalue weighted by Gasteiger charge is 2.25. The van der Waals surface area contributed by atoms with Crippen molar-refractivity contribution in [1.82, 2.24) is 18.7 Å². The zero-order valence-corrected chi connectivity index (χ0v) is 15.7. The first-order chi connectivity index (χ1) is 11.8. The molecular weight excluding hydrogens is 320 g/mol. The average molecular weight is 348 g/mol. The number of imidazole rings is 1. The minimum absolute atomic E-state index is 0.112. The van der Waals surface area contributed by atoms with Gasteiger partial charge in [0.2, 0.25) is 0 Å². The Morgan fingerprint density at radius 1 is 1.24 bits per heavy atom. The van der Waals surface area contributed by atoms with Crippen molar-refractivity contribution in [2.24, 2.45) is 13.0 Å². The topological polar surface area (TPSA) is 71.1 Å². The fraction of sp³-hybridized carbons (Fsp3) is 0.722. The average Bonchev–Trinajstić information content (AvgIpc) is 2.97. The third-order valence-corrected chi connectivity index (χ3v) is 5.17. The van der Waals surface area contributed by atoms with Crippen molar-refractivity contribution in [1.29, 1.82) is 0 Å². The maximum Gasteiger partial charge on any atom is 0.332 e. The summed E-state index contributed by atoms with van der Waals surface area (Å²) in [5.41, 5.74) is 0.427. The normalized spacial score (nSPS) is 24.3. The molecule has 7 nitrogen and oxygen atoms in total. The molecule has 2 aromatic rings. The van der Waals surface area contributed by atoms with Gasteiger partial charge in [0, 0.05) is 19.6 Å². The predicted molar refractivity (Wildman–Crippen MR) is 97.0 cm³/mol. The summed E-state index contributed by atoms with van der Waals surface area (Å²) in [4.78, 5) is 29.9. The molecule has 138 valence electrons. The first-order valence-electron chi connectivity index (χ1n) is 9.11. The maximum absolute atomic E-state index is 13.0. The van der Waals surface area contributed by atoms with E-state index in [2.05, 4.69) is 18.8 Å². The van der Waals surface area contributed by atoms with Crippen LogP contribution in [0.25, 0.3) is 11.2 Å². The van der Waals surface area contributed by atoms with E-state index in [1.165, 1.54) is 9.13 Å². The second-order valence-electron chi connectivity index (χ2n) is 7.60. The van der Waals surface area contributed by atoms with Crippen molar-refractivity contribution >= 4 is 11.2 Å². The second-order valence-corrected chi connectivity index (χ2v) is 7.60. The lowest BCUT2D eigenvalue weighted by Gasteiger charge is -2.32. The highest BCUT2D eigenvalue weighted by Crippen LogP contribution is 2.27. The molecule has 1 aliphatic heterocycles. The molecule has 3 rings (SSSR count). The van der Waals surface area contributed by atoms with Crippen molar-refractivity contribution in [2.45, 2.75) is 71.8 Å². The van der Waals surface area contributed by atoms with E-state index in [-0.39, 0.29) is 29.5 Å². The molecule has 0 N–H and O–H groups in total. The molecule has 1 aliphatic rings. The first kappa shape index (κ1) is 17.9. The lowest BCUT2D eigenvalue weighted by atomic mass is 9.90. The molecule has 25 heavy (non-hydrogen) atoms. The molecular formula is C18H28N4O3. The van der Waals surface area contributed by atoms with Gasteiger partial charge in [-0.1, -0.05) is 0 Å². The van der Waals surface area contributed by atoms with Gasteiger partial charge in [-0.2, -0.15) is 0 Å². The van der Waals surface area contributed by atoms with Gasteiger partial charge < -0.3 is 9.30 Å². The Labute approximate surface area is 147 Å². The number of rotatable bonds is 4. The Bertz CT molecular complexity index is 867. The van der Waals surface area contributed by atoms with E-state index >= 15 is 0 Å². The van der Waals surface area contributed by atoms with Crippen molar-refractivity contribution in [3.63, 3.8) is 0 Å². The zero-order valence-electron chi connectivity index (χ0n) is 15.7. The molecule has 0 amide bonds. The minimum Gasteiger partial charge on any atom is -0.376 e. The molecule has 0 radical (unpaired) electrons. The first-order valence-corrected chi connectivity index (χ1v) is 9.11. The van der Waals surface area contributed by atoms with Crippen molar-refractivity contribution in [3.8, 4) is 0 Å². The predicted octanol–water partition coefficient (Wildman–Crippen LogP) is 2.07. The molecule has 7 heteroatoms. The smallest absolute Gasteiger partial charge is 0.332 e. The van der Waals surface area contributed by atoms with Gasteiger partial charge in [0.05, 0.1) is 18.5 Å². The fourth-order valence-electron chi connectivity index (χ4n) is 3.97. The van der Waals surface area contributed by atoms with Gasteiger partial charge in [-0.3, -0.25) is 13.9 Å². The molecule has 2 aromatic heterocycles. The SMILES string of the molecule is CC(C)n1cnc2c1c(=O)n(CCC1C[C@@H](C)O[C@H](C)C1)c(=O)n2C. The van der Waals surface area contributed by atoms with Crippen molar-refractivity contribution in [3.05, 3.63) is 27.2 Å². The summed E-state index contributed by atoms with van der Waals surface area (Å²) >= 11 is 0. The number of fused-ring (bicyclic) bond motifs is 1. The summed E-state index contributed by atoms with van der Waals surface area (Å²) in [6.07, 6.45) is 4.88. The molecule has 0 aliphatic carbocycles. The van der Waals surface area contributed by atoms with Gasteiger partial charge in [-0.05, 0) is 52.9 Å². The largest absolute Gasteiger partial charge is 0.376 e. The summed E-state index contributed by atoms with van der Waals surface area (Å²) in [5.74, 6) is 0.473. The fourth-order valence-corrected chi connectivity index (χ4v) is 3.97. The van der Waals surface area contributed by atoms with Crippen LogP contribution in [0.15, 0.2) is 15.9 Å². The van der Waals surface area contributed by atoms with E-state index in [0.717, 1.165) is 19.3 Å². The molecule has 0 spiro atoms. The van der Waals surface area contributed by atoms with E-state index in [1.54, 1.807) is 13.4 Å². The van der Waals surface area contributed by atoms with E-state index in [9.17, 15) is 9.59 Å². The summed E-state index contributed by atoms with van der Waals surface area (Å²) < 4.78 is 10.5. The molecule has 3 heterocycles. The van der Waals surface area contributed by atoms with Crippen LogP contribution in [0, 0.1) is 5.92 Å². The van der Waals surface area contributed by atoms with Crippen LogP contribution >= 0.6 is 0 Å². The van der Waals surface area contributed by atoms with E-state index in [1.807, 2.05) is 18.4 Å². The highest BCUT2D eigenvalue weighted by molar-refractivity contribution is 5.70. The van der Waals surface area contributed by atoms with Gasteiger partial charge in [0.15, 0.2) is 11.2 Å². The van der Waals surface area contributed by atoms with Crippen LogP contribution in [0.3, 0.4) is 0 Å². The van der Waals surface area contributed by atoms with Gasteiger partial charge in [-0.25, -0.2) is 9.78 Å². The Morgan fingerprint density at radius 2 is 1.88 bits per heavy atom. The van der Waals surface area contributed by atoms with Crippen LogP contribution in [0.5, 0.6) is 0 Å². The number of hydrogen-bond acceptors (Lipinski definition) is 4. The van der Waals surface area contributed by atoms with Crippen molar-refractivity contribution < 1.29 is 4.74 Å². The second kappa shape index (κ2) is 6.78. The van der Waals surface area contributed by atoms with Gasteiger partial charge in [-0.15, -0.1) is 0 Å². The number of aromatic nitrogens is 4. The molecule has 1 saturated heterocycles. The number of hydrogen-bond donors (Lipinski definition) is 0. The monoisotopic (exact) mass is 348 g/mol. The van der Waals surface area contributed by atoms with E-state index < -0.39 is 0 Å². The lowest BCUT2D eigenvalue weighted by Crippen LogP contribution is -2.40. The molecule has 0 bridgehead atoms. The van der Waals surface area contributed by atoms with Gasteiger partial charge in [0.1, 0.15) is 0 Å². The highest BCUT2D eigenvalue weighted by atomic mass is 16.5. The molecule has 0 unspecified atom stereocenters. The Hall–Kier alpha value is -1.89. The Balaban J connectivity index is 1.95. The molecule has 2 atom stereocenters. The van der Waals surface area contributed by atoms with Crippen LogP contribution in [0.2, 0.25) is 0 Å². The summed E-state index contributed by atoms with van der Waals surface area (Å²) in [7, 11) is 1.68. The summed E-state index contributed by atoms with van der Waals surface area (Å²) in [5, 5.41) is 0. The molecule has 0 aromatic carbocycles. The maximum atomic E-state index is 13.0. The Morgan fingerprint density at radius 3 is 2.48 bits per heavy atom. The number of ether oxygens (including phenoxy) is 1. The molecule has 1 fully saturated rings. The van der Waals surface area contributed by atoms with Crippen LogP contribution < -0.4 is 11.2 Å². The number of nitrogens with zero attached hydrogens (tertiary/aromatic N) is 4. The van der Waals surface area contributed by atoms with Crippen LogP contribution in [-0.4, -0.2) is 30.9 Å². The van der Waals surface area contributed by atoms with Crippen LogP contribution in [0.1, 0.15) is 53.0 Å².